The summed E-state index contributed by atoms with van der Waals surface area (Å²) in [5, 5.41) is 2.70. The number of amides is 2. The van der Waals surface area contributed by atoms with Gasteiger partial charge in [0, 0.05) is 6.42 Å². The van der Waals surface area contributed by atoms with Crippen LogP contribution in [0.4, 0.5) is 0 Å². The first-order chi connectivity index (χ1) is 21.0. The Balaban J connectivity index is 0. The third-order valence-electron chi connectivity index (χ3n) is 8.22. The fourth-order valence-corrected chi connectivity index (χ4v) is 5.56. The Kier molecular flexibility index (Phi) is 40.1. The van der Waals surface area contributed by atoms with Gasteiger partial charge >= 0.3 is 0 Å². The van der Waals surface area contributed by atoms with Gasteiger partial charge in [-0.2, -0.15) is 12.6 Å². The van der Waals surface area contributed by atoms with Crippen molar-refractivity contribution in [3.8, 4) is 0 Å². The Labute approximate surface area is 275 Å². The minimum absolute atomic E-state index is 0.0850. The van der Waals surface area contributed by atoms with Crippen molar-refractivity contribution in [1.29, 1.82) is 0 Å². The Morgan fingerprint density at radius 2 is 0.884 bits per heavy atom. The average molecular weight is 625 g/mol. The van der Waals surface area contributed by atoms with E-state index in [0.717, 1.165) is 19.3 Å². The van der Waals surface area contributed by atoms with Crippen molar-refractivity contribution in [3.63, 3.8) is 0 Å². The highest BCUT2D eigenvalue weighted by molar-refractivity contribution is 7.80. The van der Waals surface area contributed by atoms with E-state index in [0.29, 0.717) is 18.6 Å². The van der Waals surface area contributed by atoms with E-state index >= 15 is 0 Å². The van der Waals surface area contributed by atoms with Crippen LogP contribution < -0.4 is 11.1 Å². The zero-order valence-corrected chi connectivity index (χ0v) is 30.2. The minimum atomic E-state index is -0.585. The predicted molar refractivity (Wildman–Crippen MR) is 195 cm³/mol. The Hall–Kier alpha value is -0.970. The standard InChI is InChI=1S/C22H42N2O2S.C16H34/c1-2-3-4-5-6-7-8-9-10-11-12-13-14-15-16-17-21(25)24-20(18-19-27)22(23)26;1-3-5-7-9-11-13-15-16-14-12-10-8-6-4-2/h9-10,20,27H,2-8,11-19H2,1H3,(H2,23,26)(H,24,25);3-16H2,1-2H3/b10-9+;. The molecule has 0 saturated heterocycles. The van der Waals surface area contributed by atoms with Crippen LogP contribution >= 0.6 is 12.6 Å². The maximum absolute atomic E-state index is 11.8. The number of carbonyl (C=O) groups excluding carboxylic acids is 2. The lowest BCUT2D eigenvalue weighted by molar-refractivity contribution is -0.127. The molecule has 0 rings (SSSR count). The predicted octanol–water partition coefficient (Wildman–Crippen LogP) is 11.8. The van der Waals surface area contributed by atoms with E-state index in [2.05, 4.69) is 50.9 Å². The summed E-state index contributed by atoms with van der Waals surface area (Å²) in [6, 6.07) is -0.585. The van der Waals surface area contributed by atoms with Crippen LogP contribution in [-0.2, 0) is 9.59 Å². The average Bonchev–Trinajstić information content (AvgIpc) is 2.99. The number of unbranched alkanes of at least 4 members (excludes halogenated alkanes) is 24. The zero-order valence-electron chi connectivity index (χ0n) is 29.3. The summed E-state index contributed by atoms with van der Waals surface area (Å²) in [7, 11) is 0. The second-order valence-electron chi connectivity index (χ2n) is 12.6. The van der Waals surface area contributed by atoms with E-state index in [-0.39, 0.29) is 5.91 Å². The zero-order chi connectivity index (χ0) is 32.1. The smallest absolute Gasteiger partial charge is 0.240 e. The molecule has 0 radical (unpaired) electrons. The van der Waals surface area contributed by atoms with Gasteiger partial charge in [0.1, 0.15) is 6.04 Å². The SMILES string of the molecule is CCCCCCCC/C=C/CCCCCCCC(=O)NC(CCS)C(N)=O.CCCCCCCCCCCCCCCC. The monoisotopic (exact) mass is 625 g/mol. The quantitative estimate of drug-likeness (QED) is 0.0396. The first-order valence-electron chi connectivity index (χ1n) is 18.9. The fraction of sp³-hybridized carbons (Fsp3) is 0.895. The van der Waals surface area contributed by atoms with Crippen LogP contribution in [0.2, 0.25) is 0 Å². The first kappa shape index (κ1) is 44.2. The second-order valence-corrected chi connectivity index (χ2v) is 13.1. The number of carbonyl (C=O) groups is 2. The second kappa shape index (κ2) is 39.1. The van der Waals surface area contributed by atoms with Gasteiger partial charge in [0.15, 0.2) is 0 Å². The molecule has 4 nitrogen and oxygen atoms in total. The molecule has 0 aromatic carbocycles. The third-order valence-corrected chi connectivity index (χ3v) is 8.48. The molecule has 2 amide bonds. The number of nitrogens with two attached hydrogens (primary N) is 1. The summed E-state index contributed by atoms with van der Waals surface area (Å²) in [5.74, 6) is -0.0402. The van der Waals surface area contributed by atoms with E-state index in [1.54, 1.807) is 0 Å². The first-order valence-corrected chi connectivity index (χ1v) is 19.5. The van der Waals surface area contributed by atoms with E-state index < -0.39 is 11.9 Å². The molecular formula is C38H76N2O2S. The molecule has 0 aliphatic carbocycles. The number of primary amides is 1. The summed E-state index contributed by atoms with van der Waals surface area (Å²) in [6.07, 6.45) is 42.1. The number of hydrogen-bond donors (Lipinski definition) is 3. The molecule has 256 valence electrons. The highest BCUT2D eigenvalue weighted by atomic mass is 32.1. The largest absolute Gasteiger partial charge is 0.368 e. The van der Waals surface area contributed by atoms with Crippen LogP contribution in [0, 0.1) is 0 Å². The van der Waals surface area contributed by atoms with Gasteiger partial charge < -0.3 is 11.1 Å². The van der Waals surface area contributed by atoms with Gasteiger partial charge in [-0.1, -0.05) is 174 Å². The molecule has 0 saturated carbocycles. The summed E-state index contributed by atoms with van der Waals surface area (Å²) in [6.45, 7) is 6.84. The van der Waals surface area contributed by atoms with Gasteiger partial charge in [0.05, 0.1) is 0 Å². The third kappa shape index (κ3) is 39.0. The van der Waals surface area contributed by atoms with Crippen LogP contribution in [0.15, 0.2) is 12.2 Å². The van der Waals surface area contributed by atoms with Crippen molar-refractivity contribution in [2.45, 2.75) is 213 Å². The van der Waals surface area contributed by atoms with Crippen molar-refractivity contribution in [2.75, 3.05) is 5.75 Å². The molecule has 3 N–H and O–H groups in total. The van der Waals surface area contributed by atoms with Crippen LogP contribution in [0.1, 0.15) is 207 Å². The highest BCUT2D eigenvalue weighted by Crippen LogP contribution is 2.13. The minimum Gasteiger partial charge on any atom is -0.368 e. The molecular weight excluding hydrogens is 548 g/mol. The molecule has 0 bridgehead atoms. The van der Waals surface area contributed by atoms with Gasteiger partial charge in [-0.25, -0.2) is 0 Å². The van der Waals surface area contributed by atoms with Gasteiger partial charge in [-0.05, 0) is 44.3 Å². The molecule has 0 spiro atoms. The normalized spacial score (nSPS) is 11.8. The molecule has 0 aliphatic rings. The van der Waals surface area contributed by atoms with Crippen LogP contribution in [-0.4, -0.2) is 23.6 Å². The molecule has 1 atom stereocenters. The number of rotatable bonds is 32. The van der Waals surface area contributed by atoms with Crippen molar-refractivity contribution >= 4 is 24.4 Å². The van der Waals surface area contributed by atoms with Crippen LogP contribution in [0.3, 0.4) is 0 Å². The number of nitrogens with one attached hydrogen (secondary N) is 1. The lowest BCUT2D eigenvalue weighted by atomic mass is 10.0. The molecule has 43 heavy (non-hydrogen) atoms. The number of thiol groups is 1. The Morgan fingerprint density at radius 3 is 1.21 bits per heavy atom. The van der Waals surface area contributed by atoms with E-state index in [4.69, 9.17) is 5.73 Å². The summed E-state index contributed by atoms with van der Waals surface area (Å²) in [4.78, 5) is 23.0. The highest BCUT2D eigenvalue weighted by Gasteiger charge is 2.16. The maximum atomic E-state index is 11.8. The molecule has 0 heterocycles. The number of allylic oxidation sites excluding steroid dienone is 2. The lowest BCUT2D eigenvalue weighted by Gasteiger charge is -2.14. The van der Waals surface area contributed by atoms with Gasteiger partial charge in [-0.3, -0.25) is 9.59 Å². The molecule has 0 aromatic heterocycles. The number of hydrogen-bond acceptors (Lipinski definition) is 3. The van der Waals surface area contributed by atoms with Crippen molar-refractivity contribution in [3.05, 3.63) is 12.2 Å². The summed E-state index contributed by atoms with van der Waals surface area (Å²) in [5.41, 5.74) is 5.26. The molecule has 1 unspecified atom stereocenters. The Bertz CT molecular complexity index is 582. The summed E-state index contributed by atoms with van der Waals surface area (Å²) < 4.78 is 0. The molecule has 0 aromatic rings. The van der Waals surface area contributed by atoms with Gasteiger partial charge in [-0.15, -0.1) is 0 Å². The fourth-order valence-electron chi connectivity index (χ4n) is 5.31. The van der Waals surface area contributed by atoms with Crippen LogP contribution in [0.25, 0.3) is 0 Å². The summed E-state index contributed by atoms with van der Waals surface area (Å²) >= 11 is 4.08. The van der Waals surface area contributed by atoms with E-state index in [1.807, 2.05) is 0 Å². The molecule has 0 aliphatic heterocycles. The molecule has 0 fully saturated rings. The van der Waals surface area contributed by atoms with Gasteiger partial charge in [0.25, 0.3) is 0 Å². The lowest BCUT2D eigenvalue weighted by Crippen LogP contribution is -2.44. The Morgan fingerprint density at radius 1 is 0.558 bits per heavy atom. The molecule has 5 heteroatoms. The van der Waals surface area contributed by atoms with Crippen LogP contribution in [0.5, 0.6) is 0 Å². The van der Waals surface area contributed by atoms with Crippen molar-refractivity contribution in [2.24, 2.45) is 5.73 Å². The topological polar surface area (TPSA) is 72.2 Å². The maximum Gasteiger partial charge on any atom is 0.240 e. The van der Waals surface area contributed by atoms with Gasteiger partial charge in [0.2, 0.25) is 11.8 Å². The van der Waals surface area contributed by atoms with Crippen molar-refractivity contribution in [1.82, 2.24) is 5.32 Å². The van der Waals surface area contributed by atoms with E-state index in [1.165, 1.54) is 154 Å². The van der Waals surface area contributed by atoms with Crippen molar-refractivity contribution < 1.29 is 9.59 Å². The van der Waals surface area contributed by atoms with E-state index in [9.17, 15) is 9.59 Å².